The minimum Gasteiger partial charge on any atom is -0.294 e. The van der Waals surface area contributed by atoms with Gasteiger partial charge in [-0.05, 0) is 44.4 Å². The van der Waals surface area contributed by atoms with Crippen molar-refractivity contribution in [2.24, 2.45) is 5.90 Å². The van der Waals surface area contributed by atoms with E-state index in [0.29, 0.717) is 0 Å². The van der Waals surface area contributed by atoms with E-state index in [0.717, 1.165) is 10.0 Å². The molecule has 2 N–H and O–H groups in total. The maximum atomic E-state index is 5.26. The van der Waals surface area contributed by atoms with Gasteiger partial charge in [-0.3, -0.25) is 4.84 Å². The standard InChI is InChI=1S/C11H16BrNO/c1-7-5-9(11(3,4)14-13)6-8(2)10(7)12/h5-6H,13H2,1-4H3. The molecule has 0 heterocycles. The van der Waals surface area contributed by atoms with Gasteiger partial charge in [0.15, 0.2) is 0 Å². The Morgan fingerprint density at radius 1 is 1.21 bits per heavy atom. The van der Waals surface area contributed by atoms with Gasteiger partial charge in [-0.25, -0.2) is 5.90 Å². The topological polar surface area (TPSA) is 35.2 Å². The van der Waals surface area contributed by atoms with Crippen molar-refractivity contribution in [1.82, 2.24) is 0 Å². The molecule has 0 aromatic heterocycles. The first kappa shape index (κ1) is 11.7. The zero-order valence-corrected chi connectivity index (χ0v) is 10.6. The molecule has 0 spiro atoms. The summed E-state index contributed by atoms with van der Waals surface area (Å²) in [7, 11) is 0. The number of rotatable bonds is 2. The van der Waals surface area contributed by atoms with E-state index < -0.39 is 5.60 Å². The molecule has 2 nitrogen and oxygen atoms in total. The molecule has 0 aliphatic carbocycles. The van der Waals surface area contributed by atoms with E-state index in [1.54, 1.807) is 0 Å². The molecule has 0 fully saturated rings. The normalized spacial score (nSPS) is 11.9. The fraction of sp³-hybridized carbons (Fsp3) is 0.455. The summed E-state index contributed by atoms with van der Waals surface area (Å²) < 4.78 is 1.15. The molecule has 0 unspecified atom stereocenters. The molecule has 14 heavy (non-hydrogen) atoms. The van der Waals surface area contributed by atoms with E-state index in [1.165, 1.54) is 11.1 Å². The van der Waals surface area contributed by atoms with Crippen LogP contribution in [0.25, 0.3) is 0 Å². The van der Waals surface area contributed by atoms with E-state index in [4.69, 9.17) is 10.7 Å². The van der Waals surface area contributed by atoms with E-state index in [1.807, 2.05) is 13.8 Å². The lowest BCUT2D eigenvalue weighted by molar-refractivity contribution is -0.0237. The van der Waals surface area contributed by atoms with Gasteiger partial charge in [0, 0.05) is 4.47 Å². The third-order valence-electron chi connectivity index (χ3n) is 2.43. The van der Waals surface area contributed by atoms with Gasteiger partial charge < -0.3 is 0 Å². The van der Waals surface area contributed by atoms with Crippen molar-refractivity contribution in [3.8, 4) is 0 Å². The fourth-order valence-electron chi connectivity index (χ4n) is 1.36. The largest absolute Gasteiger partial charge is 0.294 e. The summed E-state index contributed by atoms with van der Waals surface area (Å²) in [5, 5.41) is 0. The predicted octanol–water partition coefficient (Wildman–Crippen LogP) is 3.19. The van der Waals surface area contributed by atoms with Crippen LogP contribution in [0.15, 0.2) is 16.6 Å². The Labute approximate surface area is 93.5 Å². The first-order chi connectivity index (χ1) is 6.38. The van der Waals surface area contributed by atoms with Gasteiger partial charge in [0.1, 0.15) is 5.60 Å². The predicted molar refractivity (Wildman–Crippen MR) is 61.9 cm³/mol. The second kappa shape index (κ2) is 4.01. The average Bonchev–Trinajstić information content (AvgIpc) is 2.13. The molecule has 3 heteroatoms. The highest BCUT2D eigenvalue weighted by Gasteiger charge is 2.21. The summed E-state index contributed by atoms with van der Waals surface area (Å²) in [6.07, 6.45) is 0. The molecule has 0 aliphatic rings. The Hall–Kier alpha value is -0.380. The van der Waals surface area contributed by atoms with Crippen LogP contribution in [-0.4, -0.2) is 0 Å². The molecule has 78 valence electrons. The summed E-state index contributed by atoms with van der Waals surface area (Å²) in [6, 6.07) is 4.17. The van der Waals surface area contributed by atoms with Crippen molar-refractivity contribution < 1.29 is 4.84 Å². The second-order valence-electron chi connectivity index (χ2n) is 4.05. The molecule has 1 aromatic carbocycles. The highest BCUT2D eigenvalue weighted by Crippen LogP contribution is 2.29. The molecular weight excluding hydrogens is 242 g/mol. The van der Waals surface area contributed by atoms with E-state index in [9.17, 15) is 0 Å². The smallest absolute Gasteiger partial charge is 0.109 e. The number of aryl methyl sites for hydroxylation is 2. The first-order valence-electron chi connectivity index (χ1n) is 4.53. The molecule has 0 amide bonds. The Morgan fingerprint density at radius 3 is 2.00 bits per heavy atom. The average molecular weight is 258 g/mol. The van der Waals surface area contributed by atoms with Crippen molar-refractivity contribution in [1.29, 1.82) is 0 Å². The highest BCUT2D eigenvalue weighted by atomic mass is 79.9. The van der Waals surface area contributed by atoms with Crippen LogP contribution in [0.4, 0.5) is 0 Å². The van der Waals surface area contributed by atoms with Crippen LogP contribution in [0.2, 0.25) is 0 Å². The number of nitrogens with two attached hydrogens (primary N) is 1. The van der Waals surface area contributed by atoms with Gasteiger partial charge in [0.05, 0.1) is 0 Å². The van der Waals surface area contributed by atoms with Crippen LogP contribution < -0.4 is 5.90 Å². The molecule has 0 saturated carbocycles. The number of hydrogen-bond donors (Lipinski definition) is 1. The van der Waals surface area contributed by atoms with Crippen LogP contribution in [0.3, 0.4) is 0 Å². The van der Waals surface area contributed by atoms with Crippen LogP contribution >= 0.6 is 15.9 Å². The molecule has 0 bridgehead atoms. The van der Waals surface area contributed by atoms with Crippen molar-refractivity contribution in [3.63, 3.8) is 0 Å². The monoisotopic (exact) mass is 257 g/mol. The van der Waals surface area contributed by atoms with Crippen molar-refractivity contribution in [2.45, 2.75) is 33.3 Å². The summed E-state index contributed by atoms with van der Waals surface area (Å²) in [6.45, 7) is 8.03. The third-order valence-corrected chi connectivity index (χ3v) is 3.68. The fourth-order valence-corrected chi connectivity index (χ4v) is 1.59. The molecule has 1 aromatic rings. The van der Waals surface area contributed by atoms with Crippen LogP contribution in [0.5, 0.6) is 0 Å². The molecule has 0 aliphatic heterocycles. The van der Waals surface area contributed by atoms with E-state index >= 15 is 0 Å². The van der Waals surface area contributed by atoms with Crippen LogP contribution in [0.1, 0.15) is 30.5 Å². The van der Waals surface area contributed by atoms with Gasteiger partial charge in [-0.1, -0.05) is 28.1 Å². The lowest BCUT2D eigenvalue weighted by Crippen LogP contribution is -2.25. The van der Waals surface area contributed by atoms with Crippen molar-refractivity contribution >= 4 is 15.9 Å². The number of hydrogen-bond acceptors (Lipinski definition) is 2. The Bertz CT molecular complexity index is 324. The Morgan fingerprint density at radius 2 is 1.64 bits per heavy atom. The minimum absolute atomic E-state index is 0.434. The molecule has 0 radical (unpaired) electrons. The van der Waals surface area contributed by atoms with Crippen LogP contribution in [-0.2, 0) is 10.4 Å². The summed E-state index contributed by atoms with van der Waals surface area (Å²) in [5.74, 6) is 5.26. The lowest BCUT2D eigenvalue weighted by atomic mass is 9.95. The maximum Gasteiger partial charge on any atom is 0.109 e. The third kappa shape index (κ3) is 2.16. The van der Waals surface area contributed by atoms with Gasteiger partial charge in [-0.15, -0.1) is 0 Å². The zero-order chi connectivity index (χ0) is 10.9. The first-order valence-corrected chi connectivity index (χ1v) is 5.33. The summed E-state index contributed by atoms with van der Waals surface area (Å²) in [5.41, 5.74) is 3.06. The van der Waals surface area contributed by atoms with Crippen molar-refractivity contribution in [3.05, 3.63) is 33.3 Å². The van der Waals surface area contributed by atoms with Gasteiger partial charge >= 0.3 is 0 Å². The van der Waals surface area contributed by atoms with Gasteiger partial charge in [-0.2, -0.15) is 0 Å². The minimum atomic E-state index is -0.434. The molecule has 0 atom stereocenters. The quantitative estimate of drug-likeness (QED) is 0.827. The lowest BCUT2D eigenvalue weighted by Gasteiger charge is -2.23. The van der Waals surface area contributed by atoms with Crippen LogP contribution in [0, 0.1) is 13.8 Å². The summed E-state index contributed by atoms with van der Waals surface area (Å²) in [4.78, 5) is 4.96. The molecular formula is C11H16BrNO. The van der Waals surface area contributed by atoms with E-state index in [-0.39, 0.29) is 0 Å². The second-order valence-corrected chi connectivity index (χ2v) is 4.85. The Balaban J connectivity index is 3.26. The maximum absolute atomic E-state index is 5.26. The summed E-state index contributed by atoms with van der Waals surface area (Å²) >= 11 is 3.53. The van der Waals surface area contributed by atoms with Gasteiger partial charge in [0.25, 0.3) is 0 Å². The highest BCUT2D eigenvalue weighted by molar-refractivity contribution is 9.10. The molecule has 1 rings (SSSR count). The van der Waals surface area contributed by atoms with Gasteiger partial charge in [0.2, 0.25) is 0 Å². The van der Waals surface area contributed by atoms with Crippen molar-refractivity contribution in [2.75, 3.05) is 0 Å². The zero-order valence-electron chi connectivity index (χ0n) is 9.02. The number of halogens is 1. The molecule has 0 saturated heterocycles. The van der Waals surface area contributed by atoms with E-state index in [2.05, 4.69) is 41.9 Å². The SMILES string of the molecule is Cc1cc(C(C)(C)ON)cc(C)c1Br. The number of benzene rings is 1. The Kier molecular flexibility index (Phi) is 3.35.